The molecule has 0 atom stereocenters. The molecule has 2 rings (SSSR count). The third-order valence-electron chi connectivity index (χ3n) is 2.30. The van der Waals surface area contributed by atoms with E-state index >= 15 is 0 Å². The second kappa shape index (κ2) is 3.24. The molecule has 0 saturated carbocycles. The SMILES string of the molecule is Cc1cc(C(=O)O)c(=O)n2ccccc12. The average molecular weight is 203 g/mol. The minimum absolute atomic E-state index is 0.198. The van der Waals surface area contributed by atoms with Gasteiger partial charge in [-0.15, -0.1) is 0 Å². The van der Waals surface area contributed by atoms with Crippen LogP contribution in [0.4, 0.5) is 0 Å². The molecule has 0 bridgehead atoms. The summed E-state index contributed by atoms with van der Waals surface area (Å²) < 4.78 is 1.35. The van der Waals surface area contributed by atoms with Crippen LogP contribution >= 0.6 is 0 Å². The molecule has 0 saturated heterocycles. The number of aryl methyl sites for hydroxylation is 1. The summed E-state index contributed by atoms with van der Waals surface area (Å²) in [5, 5.41) is 8.84. The average Bonchev–Trinajstić information content (AvgIpc) is 2.23. The van der Waals surface area contributed by atoms with Crippen molar-refractivity contribution in [3.8, 4) is 0 Å². The van der Waals surface area contributed by atoms with E-state index in [1.165, 1.54) is 10.5 Å². The summed E-state index contributed by atoms with van der Waals surface area (Å²) in [6, 6.07) is 6.68. The number of aromatic carboxylic acids is 1. The zero-order valence-electron chi connectivity index (χ0n) is 8.10. The first-order valence-electron chi connectivity index (χ1n) is 4.45. The summed E-state index contributed by atoms with van der Waals surface area (Å²) in [5.41, 5.74) is 0.806. The Morgan fingerprint density at radius 3 is 2.80 bits per heavy atom. The molecule has 0 unspecified atom stereocenters. The van der Waals surface area contributed by atoms with Crippen molar-refractivity contribution < 1.29 is 9.90 Å². The van der Waals surface area contributed by atoms with Crippen molar-refractivity contribution in [2.75, 3.05) is 0 Å². The van der Waals surface area contributed by atoms with E-state index in [0.29, 0.717) is 0 Å². The van der Waals surface area contributed by atoms with Gasteiger partial charge in [0.15, 0.2) is 0 Å². The van der Waals surface area contributed by atoms with Crippen LogP contribution in [0.15, 0.2) is 35.3 Å². The Morgan fingerprint density at radius 1 is 1.40 bits per heavy atom. The van der Waals surface area contributed by atoms with Gasteiger partial charge in [-0.05, 0) is 30.7 Å². The first-order valence-corrected chi connectivity index (χ1v) is 4.45. The highest BCUT2D eigenvalue weighted by atomic mass is 16.4. The van der Waals surface area contributed by atoms with Gasteiger partial charge in [-0.3, -0.25) is 9.20 Å². The number of carboxylic acid groups (broad SMARTS) is 1. The van der Waals surface area contributed by atoms with Crippen LogP contribution in [0.25, 0.3) is 5.52 Å². The summed E-state index contributed by atoms with van der Waals surface area (Å²) in [6.07, 6.45) is 1.57. The molecule has 4 nitrogen and oxygen atoms in total. The molecule has 0 spiro atoms. The molecular weight excluding hydrogens is 194 g/mol. The molecule has 1 N–H and O–H groups in total. The van der Waals surface area contributed by atoms with Crippen molar-refractivity contribution in [2.24, 2.45) is 0 Å². The number of fused-ring (bicyclic) bond motifs is 1. The van der Waals surface area contributed by atoms with Crippen LogP contribution in [0.1, 0.15) is 15.9 Å². The fraction of sp³-hybridized carbons (Fsp3) is 0.0909. The molecule has 76 valence electrons. The van der Waals surface area contributed by atoms with Gasteiger partial charge >= 0.3 is 5.97 Å². The molecular formula is C11H9NO3. The van der Waals surface area contributed by atoms with Crippen LogP contribution < -0.4 is 5.56 Å². The van der Waals surface area contributed by atoms with Crippen molar-refractivity contribution in [2.45, 2.75) is 6.92 Å². The Morgan fingerprint density at radius 2 is 2.13 bits per heavy atom. The second-order valence-corrected chi connectivity index (χ2v) is 3.31. The lowest BCUT2D eigenvalue weighted by Gasteiger charge is -2.04. The molecule has 2 aromatic heterocycles. The van der Waals surface area contributed by atoms with E-state index in [2.05, 4.69) is 0 Å². The predicted molar refractivity (Wildman–Crippen MR) is 55.4 cm³/mol. The molecule has 15 heavy (non-hydrogen) atoms. The molecule has 0 amide bonds. The van der Waals surface area contributed by atoms with Gasteiger partial charge in [0.25, 0.3) is 5.56 Å². The number of aromatic nitrogens is 1. The highest BCUT2D eigenvalue weighted by Crippen LogP contribution is 2.08. The zero-order chi connectivity index (χ0) is 11.0. The number of carboxylic acids is 1. The maximum absolute atomic E-state index is 11.7. The Hall–Kier alpha value is -2.10. The molecule has 0 aliphatic rings. The van der Waals surface area contributed by atoms with Crippen molar-refractivity contribution in [3.63, 3.8) is 0 Å². The molecule has 0 aromatic carbocycles. The molecule has 2 aromatic rings. The number of rotatable bonds is 1. The minimum atomic E-state index is -1.19. The van der Waals surface area contributed by atoms with E-state index < -0.39 is 11.5 Å². The molecule has 0 aliphatic carbocycles. The molecule has 0 fully saturated rings. The van der Waals surface area contributed by atoms with Crippen molar-refractivity contribution in [3.05, 3.63) is 51.9 Å². The van der Waals surface area contributed by atoms with Gasteiger partial charge in [-0.2, -0.15) is 0 Å². The Bertz CT molecular complexity index is 598. The van der Waals surface area contributed by atoms with Crippen LogP contribution in [-0.2, 0) is 0 Å². The highest BCUT2D eigenvalue weighted by Gasteiger charge is 2.11. The van der Waals surface area contributed by atoms with Crippen LogP contribution in [-0.4, -0.2) is 15.5 Å². The number of hydrogen-bond donors (Lipinski definition) is 1. The number of hydrogen-bond acceptors (Lipinski definition) is 2. The standard InChI is InChI=1S/C11H9NO3/c1-7-6-8(11(14)15)10(13)12-5-3-2-4-9(7)12/h2-6H,1H3,(H,14,15). The number of pyridine rings is 2. The van der Waals surface area contributed by atoms with Crippen LogP contribution in [0, 0.1) is 6.92 Å². The normalized spacial score (nSPS) is 10.5. The van der Waals surface area contributed by atoms with Crippen molar-refractivity contribution in [1.29, 1.82) is 0 Å². The van der Waals surface area contributed by atoms with Crippen LogP contribution in [0.3, 0.4) is 0 Å². The van der Waals surface area contributed by atoms with E-state index in [0.717, 1.165) is 11.1 Å². The summed E-state index contributed by atoms with van der Waals surface area (Å²) in [4.78, 5) is 22.5. The van der Waals surface area contributed by atoms with E-state index in [9.17, 15) is 9.59 Å². The van der Waals surface area contributed by atoms with Gasteiger partial charge in [0.05, 0.1) is 5.52 Å². The van der Waals surface area contributed by atoms with E-state index in [1.54, 1.807) is 25.3 Å². The fourth-order valence-corrected chi connectivity index (χ4v) is 1.58. The van der Waals surface area contributed by atoms with Crippen LogP contribution in [0.2, 0.25) is 0 Å². The van der Waals surface area contributed by atoms with Crippen molar-refractivity contribution in [1.82, 2.24) is 4.40 Å². The first kappa shape index (κ1) is 9.45. The monoisotopic (exact) mass is 203 g/mol. The maximum atomic E-state index is 11.7. The third kappa shape index (κ3) is 1.40. The first-order chi connectivity index (χ1) is 7.11. The lowest BCUT2D eigenvalue weighted by Crippen LogP contribution is -2.22. The topological polar surface area (TPSA) is 58.8 Å². The molecule has 2 heterocycles. The van der Waals surface area contributed by atoms with Gasteiger partial charge in [0.1, 0.15) is 5.56 Å². The third-order valence-corrected chi connectivity index (χ3v) is 2.30. The van der Waals surface area contributed by atoms with Gasteiger partial charge in [-0.25, -0.2) is 4.79 Å². The summed E-state index contributed by atoms with van der Waals surface area (Å²) >= 11 is 0. The van der Waals surface area contributed by atoms with E-state index in [1.807, 2.05) is 6.07 Å². The number of carbonyl (C=O) groups is 1. The van der Waals surface area contributed by atoms with E-state index in [4.69, 9.17) is 5.11 Å². The summed E-state index contributed by atoms with van der Waals surface area (Å²) in [6.45, 7) is 1.78. The minimum Gasteiger partial charge on any atom is -0.477 e. The Kier molecular flexibility index (Phi) is 2.04. The zero-order valence-corrected chi connectivity index (χ0v) is 8.10. The van der Waals surface area contributed by atoms with Gasteiger partial charge in [-0.1, -0.05) is 6.07 Å². The molecule has 4 heteroatoms. The second-order valence-electron chi connectivity index (χ2n) is 3.31. The van der Waals surface area contributed by atoms with Gasteiger partial charge < -0.3 is 5.11 Å². The highest BCUT2D eigenvalue weighted by molar-refractivity contribution is 5.88. The summed E-state index contributed by atoms with van der Waals surface area (Å²) in [7, 11) is 0. The largest absolute Gasteiger partial charge is 0.477 e. The lowest BCUT2D eigenvalue weighted by atomic mass is 10.1. The van der Waals surface area contributed by atoms with Crippen molar-refractivity contribution >= 4 is 11.5 Å². The molecule has 0 aliphatic heterocycles. The smallest absolute Gasteiger partial charge is 0.341 e. The van der Waals surface area contributed by atoms with E-state index in [-0.39, 0.29) is 5.56 Å². The van der Waals surface area contributed by atoms with Crippen LogP contribution in [0.5, 0.6) is 0 Å². The Labute approximate surface area is 85.4 Å². The fourth-order valence-electron chi connectivity index (χ4n) is 1.58. The number of nitrogens with zero attached hydrogens (tertiary/aromatic N) is 1. The van der Waals surface area contributed by atoms with Gasteiger partial charge in [0.2, 0.25) is 0 Å². The quantitative estimate of drug-likeness (QED) is 0.760. The predicted octanol–water partition coefficient (Wildman–Crippen LogP) is 1.31. The Balaban J connectivity index is 2.97. The maximum Gasteiger partial charge on any atom is 0.341 e. The molecule has 0 radical (unpaired) electrons. The summed E-state index contributed by atoms with van der Waals surface area (Å²) in [5.74, 6) is -1.19. The van der Waals surface area contributed by atoms with Gasteiger partial charge in [0, 0.05) is 6.20 Å². The lowest BCUT2D eigenvalue weighted by molar-refractivity contribution is 0.0694.